The van der Waals surface area contributed by atoms with Crippen molar-refractivity contribution >= 4 is 21.6 Å². The number of para-hydroxylation sites is 1. The fourth-order valence-electron chi connectivity index (χ4n) is 3.54. The van der Waals surface area contributed by atoms with E-state index in [1.807, 2.05) is 31.2 Å². The van der Waals surface area contributed by atoms with Crippen LogP contribution < -0.4 is 19.1 Å². The molecule has 0 bridgehead atoms. The van der Waals surface area contributed by atoms with E-state index < -0.39 is 15.9 Å². The summed E-state index contributed by atoms with van der Waals surface area (Å²) in [6, 6.07) is 22.5. The summed E-state index contributed by atoms with van der Waals surface area (Å²) < 4.78 is 39.2. The molecule has 3 aromatic carbocycles. The molecule has 0 atom stereocenters. The van der Waals surface area contributed by atoms with Crippen molar-refractivity contribution in [2.24, 2.45) is 0 Å². The van der Waals surface area contributed by atoms with Gasteiger partial charge in [-0.1, -0.05) is 50.2 Å². The quantitative estimate of drug-likeness (QED) is 0.371. The van der Waals surface area contributed by atoms with Gasteiger partial charge in [0.05, 0.1) is 23.7 Å². The largest absolute Gasteiger partial charge is 0.494 e. The molecule has 1 amide bonds. The lowest BCUT2D eigenvalue weighted by Crippen LogP contribution is -2.41. The Labute approximate surface area is 207 Å². The predicted molar refractivity (Wildman–Crippen MR) is 138 cm³/mol. The van der Waals surface area contributed by atoms with Crippen molar-refractivity contribution in [1.82, 2.24) is 5.32 Å². The minimum Gasteiger partial charge on any atom is -0.494 e. The van der Waals surface area contributed by atoms with E-state index in [-0.39, 0.29) is 24.6 Å². The van der Waals surface area contributed by atoms with Crippen LogP contribution in [-0.2, 0) is 14.8 Å². The highest BCUT2D eigenvalue weighted by molar-refractivity contribution is 7.92. The molecule has 35 heavy (non-hydrogen) atoms. The second-order valence-corrected chi connectivity index (χ2v) is 10.0. The number of carbonyl (C=O) groups excluding carboxylic acids is 1. The summed E-state index contributed by atoms with van der Waals surface area (Å²) in [7, 11) is -3.96. The molecular formula is C27H32N2O5S. The van der Waals surface area contributed by atoms with Gasteiger partial charge in [0.2, 0.25) is 5.91 Å². The van der Waals surface area contributed by atoms with Crippen LogP contribution in [0, 0.1) is 0 Å². The van der Waals surface area contributed by atoms with Crippen LogP contribution >= 0.6 is 0 Å². The number of amides is 1. The highest BCUT2D eigenvalue weighted by Gasteiger charge is 2.27. The normalized spacial score (nSPS) is 11.2. The van der Waals surface area contributed by atoms with Gasteiger partial charge in [-0.05, 0) is 60.9 Å². The second-order valence-electron chi connectivity index (χ2n) is 8.14. The number of benzene rings is 3. The van der Waals surface area contributed by atoms with E-state index in [1.54, 1.807) is 42.5 Å². The fraction of sp³-hybridized carbons (Fsp3) is 0.296. The second kappa shape index (κ2) is 12.3. The average Bonchev–Trinajstić information content (AvgIpc) is 2.86. The number of hydrogen-bond acceptors (Lipinski definition) is 5. The highest BCUT2D eigenvalue weighted by Crippen LogP contribution is 2.27. The Balaban J connectivity index is 1.70. The zero-order valence-electron chi connectivity index (χ0n) is 20.3. The number of anilines is 1. The number of rotatable bonds is 12. The number of carbonyl (C=O) groups is 1. The zero-order chi connectivity index (χ0) is 25.3. The van der Waals surface area contributed by atoms with Crippen molar-refractivity contribution in [3.05, 3.63) is 84.4 Å². The van der Waals surface area contributed by atoms with E-state index in [0.717, 1.165) is 15.6 Å². The fourth-order valence-corrected chi connectivity index (χ4v) is 4.98. The van der Waals surface area contributed by atoms with Crippen molar-refractivity contribution < 1.29 is 22.7 Å². The van der Waals surface area contributed by atoms with Gasteiger partial charge < -0.3 is 14.8 Å². The van der Waals surface area contributed by atoms with Crippen LogP contribution in [0.3, 0.4) is 0 Å². The molecule has 0 aliphatic carbocycles. The third kappa shape index (κ3) is 6.99. The van der Waals surface area contributed by atoms with Crippen molar-refractivity contribution in [1.29, 1.82) is 0 Å². The number of nitrogens with zero attached hydrogens (tertiary/aromatic N) is 1. The van der Waals surface area contributed by atoms with E-state index in [2.05, 4.69) is 19.2 Å². The molecule has 0 aliphatic heterocycles. The lowest BCUT2D eigenvalue weighted by molar-refractivity contribution is -0.119. The van der Waals surface area contributed by atoms with Crippen LogP contribution in [-0.4, -0.2) is 40.6 Å². The summed E-state index contributed by atoms with van der Waals surface area (Å²) in [4.78, 5) is 12.9. The highest BCUT2D eigenvalue weighted by atomic mass is 32.2. The van der Waals surface area contributed by atoms with Crippen molar-refractivity contribution in [2.45, 2.75) is 31.6 Å². The van der Waals surface area contributed by atoms with Gasteiger partial charge >= 0.3 is 0 Å². The predicted octanol–water partition coefficient (Wildman–Crippen LogP) is 4.60. The van der Waals surface area contributed by atoms with E-state index in [9.17, 15) is 13.2 Å². The lowest BCUT2D eigenvalue weighted by atomic mass is 10.0. The Morgan fingerprint density at radius 1 is 0.914 bits per heavy atom. The molecule has 0 aliphatic rings. The van der Waals surface area contributed by atoms with Gasteiger partial charge in [0.15, 0.2) is 0 Å². The first kappa shape index (κ1) is 26.1. The van der Waals surface area contributed by atoms with Crippen molar-refractivity contribution in [3.63, 3.8) is 0 Å². The Morgan fingerprint density at radius 3 is 2.23 bits per heavy atom. The van der Waals surface area contributed by atoms with Gasteiger partial charge in [0.25, 0.3) is 10.0 Å². The third-order valence-electron chi connectivity index (χ3n) is 5.28. The molecule has 186 valence electrons. The first-order valence-corrected chi connectivity index (χ1v) is 13.1. The van der Waals surface area contributed by atoms with Crippen molar-refractivity contribution in [2.75, 3.05) is 30.6 Å². The smallest absolute Gasteiger partial charge is 0.264 e. The minimum atomic E-state index is -3.96. The summed E-state index contributed by atoms with van der Waals surface area (Å²) in [5.41, 5.74) is 1.46. The summed E-state index contributed by atoms with van der Waals surface area (Å²) in [5, 5.41) is 2.76. The molecule has 0 fully saturated rings. The Morgan fingerprint density at radius 2 is 1.57 bits per heavy atom. The lowest BCUT2D eigenvalue weighted by Gasteiger charge is -2.24. The zero-order valence-corrected chi connectivity index (χ0v) is 21.1. The van der Waals surface area contributed by atoms with Crippen LogP contribution in [0.5, 0.6) is 11.5 Å². The molecule has 3 aromatic rings. The van der Waals surface area contributed by atoms with E-state index in [4.69, 9.17) is 9.47 Å². The minimum absolute atomic E-state index is 0.107. The molecule has 0 spiro atoms. The number of nitrogens with one attached hydrogen (secondary N) is 1. The number of hydrogen-bond donors (Lipinski definition) is 1. The SMILES string of the molecule is CCOc1ccc(N(CC(=O)NCCOc2ccccc2C(C)C)S(=O)(=O)c2ccccc2)cc1. The summed E-state index contributed by atoms with van der Waals surface area (Å²) in [5.74, 6) is 1.28. The molecule has 8 heteroatoms. The van der Waals surface area contributed by atoms with Crippen LogP contribution in [0.4, 0.5) is 5.69 Å². The van der Waals surface area contributed by atoms with Gasteiger partial charge in [0.1, 0.15) is 24.7 Å². The molecular weight excluding hydrogens is 464 g/mol. The maximum atomic E-state index is 13.4. The summed E-state index contributed by atoms with van der Waals surface area (Å²) in [6.07, 6.45) is 0. The standard InChI is InChI=1S/C27H32N2O5S/c1-4-33-23-16-14-22(15-17-23)29(35(31,32)24-10-6-5-7-11-24)20-27(30)28-18-19-34-26-13-9-8-12-25(26)21(2)3/h5-17,21H,4,18-20H2,1-3H3,(H,28,30). The molecule has 0 saturated heterocycles. The van der Waals surface area contributed by atoms with Gasteiger partial charge in [0, 0.05) is 0 Å². The van der Waals surface area contributed by atoms with E-state index >= 15 is 0 Å². The number of sulfonamides is 1. The van der Waals surface area contributed by atoms with E-state index in [1.165, 1.54) is 12.1 Å². The van der Waals surface area contributed by atoms with Gasteiger partial charge in [-0.15, -0.1) is 0 Å². The molecule has 3 rings (SSSR count). The third-order valence-corrected chi connectivity index (χ3v) is 7.07. The molecule has 0 unspecified atom stereocenters. The van der Waals surface area contributed by atoms with Gasteiger partial charge in [-0.25, -0.2) is 8.42 Å². The van der Waals surface area contributed by atoms with Crippen LogP contribution in [0.2, 0.25) is 0 Å². The maximum absolute atomic E-state index is 13.4. The molecule has 0 radical (unpaired) electrons. The summed E-state index contributed by atoms with van der Waals surface area (Å²) >= 11 is 0. The Bertz CT molecular complexity index is 1200. The summed E-state index contributed by atoms with van der Waals surface area (Å²) in [6.45, 7) is 6.69. The Hall–Kier alpha value is -3.52. The molecule has 0 saturated carbocycles. The molecule has 0 heterocycles. The first-order chi connectivity index (χ1) is 16.8. The van der Waals surface area contributed by atoms with Crippen LogP contribution in [0.15, 0.2) is 83.8 Å². The molecule has 7 nitrogen and oxygen atoms in total. The van der Waals surface area contributed by atoms with Gasteiger partial charge in [-0.3, -0.25) is 9.10 Å². The number of ether oxygens (including phenoxy) is 2. The average molecular weight is 497 g/mol. The molecule has 1 N–H and O–H groups in total. The van der Waals surface area contributed by atoms with Gasteiger partial charge in [-0.2, -0.15) is 0 Å². The molecule has 0 aromatic heterocycles. The maximum Gasteiger partial charge on any atom is 0.264 e. The van der Waals surface area contributed by atoms with Crippen LogP contribution in [0.25, 0.3) is 0 Å². The topological polar surface area (TPSA) is 84.9 Å². The van der Waals surface area contributed by atoms with E-state index in [0.29, 0.717) is 24.0 Å². The Kier molecular flexibility index (Phi) is 9.14. The monoisotopic (exact) mass is 496 g/mol. The first-order valence-electron chi connectivity index (χ1n) is 11.6. The van der Waals surface area contributed by atoms with Crippen LogP contribution in [0.1, 0.15) is 32.3 Å². The van der Waals surface area contributed by atoms with Crippen molar-refractivity contribution in [3.8, 4) is 11.5 Å².